The van der Waals surface area contributed by atoms with Gasteiger partial charge in [0.15, 0.2) is 5.82 Å². The Morgan fingerprint density at radius 3 is 3.00 bits per heavy atom. The Labute approximate surface area is 120 Å². The fraction of sp³-hybridized carbons (Fsp3) is 0.714. The average Bonchev–Trinajstić information content (AvgIpc) is 2.41. The second-order valence-corrected chi connectivity index (χ2v) is 5.75. The molecular formula is C14H23ClN4. The molecule has 2 unspecified atom stereocenters. The second-order valence-electron chi connectivity index (χ2n) is 5.35. The van der Waals surface area contributed by atoms with Crippen LogP contribution in [0.4, 0.5) is 11.8 Å². The molecule has 1 aliphatic heterocycles. The molecule has 0 aliphatic carbocycles. The molecule has 0 amide bonds. The molecule has 0 radical (unpaired) electrons. The Hall–Kier alpha value is -1.03. The number of piperidine rings is 1. The molecule has 0 bridgehead atoms. The van der Waals surface area contributed by atoms with Crippen LogP contribution in [-0.2, 0) is 0 Å². The van der Waals surface area contributed by atoms with Gasteiger partial charge in [-0.3, -0.25) is 0 Å². The van der Waals surface area contributed by atoms with Gasteiger partial charge in [-0.2, -0.15) is 4.98 Å². The van der Waals surface area contributed by atoms with Gasteiger partial charge in [-0.1, -0.05) is 25.4 Å². The average molecular weight is 283 g/mol. The lowest BCUT2D eigenvalue weighted by Crippen LogP contribution is -2.43. The molecule has 1 aliphatic rings. The van der Waals surface area contributed by atoms with Crippen LogP contribution in [-0.4, -0.2) is 29.1 Å². The van der Waals surface area contributed by atoms with Gasteiger partial charge in [-0.25, -0.2) is 4.98 Å². The van der Waals surface area contributed by atoms with E-state index in [0.29, 0.717) is 22.9 Å². The first-order valence-corrected chi connectivity index (χ1v) is 7.54. The van der Waals surface area contributed by atoms with Crippen LogP contribution in [0.15, 0.2) is 6.20 Å². The smallest absolute Gasteiger partial charge is 0.224 e. The molecule has 2 rings (SSSR count). The summed E-state index contributed by atoms with van der Waals surface area (Å²) in [6, 6.07) is 0.472. The zero-order valence-corrected chi connectivity index (χ0v) is 12.7. The maximum Gasteiger partial charge on any atom is 0.224 e. The van der Waals surface area contributed by atoms with Crippen molar-refractivity contribution in [1.29, 1.82) is 0 Å². The van der Waals surface area contributed by atoms with Gasteiger partial charge in [0.1, 0.15) is 5.02 Å². The van der Waals surface area contributed by atoms with E-state index in [-0.39, 0.29) is 0 Å². The van der Waals surface area contributed by atoms with Crippen LogP contribution in [0.1, 0.15) is 40.0 Å². The summed E-state index contributed by atoms with van der Waals surface area (Å²) in [5.41, 5.74) is 0. The van der Waals surface area contributed by atoms with E-state index in [2.05, 4.69) is 41.0 Å². The Morgan fingerprint density at radius 2 is 2.26 bits per heavy atom. The van der Waals surface area contributed by atoms with E-state index in [1.165, 1.54) is 12.8 Å². The quantitative estimate of drug-likeness (QED) is 0.916. The minimum atomic E-state index is 0.472. The monoisotopic (exact) mass is 282 g/mol. The van der Waals surface area contributed by atoms with Crippen LogP contribution in [0.5, 0.6) is 0 Å². The molecule has 1 N–H and O–H groups in total. The molecule has 2 heterocycles. The molecule has 5 heteroatoms. The van der Waals surface area contributed by atoms with Gasteiger partial charge < -0.3 is 10.2 Å². The number of hydrogen-bond acceptors (Lipinski definition) is 4. The maximum atomic E-state index is 6.28. The van der Waals surface area contributed by atoms with Gasteiger partial charge in [0.25, 0.3) is 0 Å². The maximum absolute atomic E-state index is 6.28. The lowest BCUT2D eigenvalue weighted by molar-refractivity contribution is 0.361. The van der Waals surface area contributed by atoms with Crippen molar-refractivity contribution in [1.82, 2.24) is 9.97 Å². The van der Waals surface area contributed by atoms with Gasteiger partial charge >= 0.3 is 0 Å². The third-order valence-corrected chi connectivity index (χ3v) is 4.17. The third-order valence-electron chi connectivity index (χ3n) is 3.90. The van der Waals surface area contributed by atoms with Crippen LogP contribution in [0, 0.1) is 5.92 Å². The van der Waals surface area contributed by atoms with E-state index in [0.717, 1.165) is 25.3 Å². The zero-order chi connectivity index (χ0) is 13.8. The summed E-state index contributed by atoms with van der Waals surface area (Å²) < 4.78 is 0. The Balaban J connectivity index is 2.22. The SMILES string of the molecule is CCCNc1ncc(Cl)c(N2CCCC(C)C2C)n1. The van der Waals surface area contributed by atoms with Crippen molar-refractivity contribution in [3.05, 3.63) is 11.2 Å². The third kappa shape index (κ3) is 3.30. The number of aromatic nitrogens is 2. The van der Waals surface area contributed by atoms with Crippen molar-refractivity contribution in [3.63, 3.8) is 0 Å². The van der Waals surface area contributed by atoms with E-state index in [1.807, 2.05) is 0 Å². The van der Waals surface area contributed by atoms with Crippen LogP contribution in [0.3, 0.4) is 0 Å². The molecule has 1 fully saturated rings. The summed E-state index contributed by atoms with van der Waals surface area (Å²) in [6.45, 7) is 8.57. The van der Waals surface area contributed by atoms with Crippen LogP contribution in [0.25, 0.3) is 0 Å². The molecule has 1 aromatic rings. The predicted molar refractivity (Wildman–Crippen MR) is 81.0 cm³/mol. The van der Waals surface area contributed by atoms with E-state index >= 15 is 0 Å². The molecule has 1 aromatic heterocycles. The molecule has 19 heavy (non-hydrogen) atoms. The molecule has 0 aromatic carbocycles. The van der Waals surface area contributed by atoms with Crippen molar-refractivity contribution in [3.8, 4) is 0 Å². The molecule has 0 spiro atoms. The van der Waals surface area contributed by atoms with Crippen LogP contribution in [0.2, 0.25) is 5.02 Å². The summed E-state index contributed by atoms with van der Waals surface area (Å²) in [5.74, 6) is 2.22. The van der Waals surface area contributed by atoms with Crippen molar-refractivity contribution in [2.45, 2.75) is 46.1 Å². The van der Waals surface area contributed by atoms with Gasteiger partial charge in [0, 0.05) is 19.1 Å². The minimum Gasteiger partial charge on any atom is -0.354 e. The number of hydrogen-bond donors (Lipinski definition) is 1. The van der Waals surface area contributed by atoms with E-state index < -0.39 is 0 Å². The van der Waals surface area contributed by atoms with Gasteiger partial charge in [0.2, 0.25) is 5.95 Å². The normalized spacial score (nSPS) is 23.5. The number of rotatable bonds is 4. The first-order chi connectivity index (χ1) is 9.13. The minimum absolute atomic E-state index is 0.472. The molecule has 2 atom stereocenters. The fourth-order valence-corrected chi connectivity index (χ4v) is 2.72. The largest absolute Gasteiger partial charge is 0.354 e. The summed E-state index contributed by atoms with van der Waals surface area (Å²) in [7, 11) is 0. The summed E-state index contributed by atoms with van der Waals surface area (Å²) in [4.78, 5) is 11.1. The Morgan fingerprint density at radius 1 is 1.47 bits per heavy atom. The second kappa shape index (κ2) is 6.42. The molecule has 106 valence electrons. The topological polar surface area (TPSA) is 41.1 Å². The van der Waals surface area contributed by atoms with E-state index in [1.54, 1.807) is 6.20 Å². The molecular weight excluding hydrogens is 260 g/mol. The highest BCUT2D eigenvalue weighted by molar-refractivity contribution is 6.32. The van der Waals surface area contributed by atoms with Crippen molar-refractivity contribution < 1.29 is 0 Å². The van der Waals surface area contributed by atoms with Crippen molar-refractivity contribution >= 4 is 23.4 Å². The summed E-state index contributed by atoms with van der Waals surface area (Å²) >= 11 is 6.28. The predicted octanol–water partition coefficient (Wildman–Crippen LogP) is 3.58. The zero-order valence-electron chi connectivity index (χ0n) is 12.0. The number of nitrogens with zero attached hydrogens (tertiary/aromatic N) is 3. The molecule has 1 saturated heterocycles. The van der Waals surface area contributed by atoms with Crippen molar-refractivity contribution in [2.24, 2.45) is 5.92 Å². The highest BCUT2D eigenvalue weighted by atomic mass is 35.5. The highest BCUT2D eigenvalue weighted by Crippen LogP contribution is 2.31. The Bertz CT molecular complexity index is 424. The van der Waals surface area contributed by atoms with Gasteiger partial charge in [-0.05, 0) is 32.1 Å². The number of anilines is 2. The van der Waals surface area contributed by atoms with Crippen LogP contribution >= 0.6 is 11.6 Å². The van der Waals surface area contributed by atoms with E-state index in [9.17, 15) is 0 Å². The van der Waals surface area contributed by atoms with Crippen molar-refractivity contribution in [2.75, 3.05) is 23.3 Å². The fourth-order valence-electron chi connectivity index (χ4n) is 2.52. The lowest BCUT2D eigenvalue weighted by atomic mass is 9.92. The van der Waals surface area contributed by atoms with Gasteiger partial charge in [-0.15, -0.1) is 0 Å². The number of halogens is 1. The highest BCUT2D eigenvalue weighted by Gasteiger charge is 2.27. The lowest BCUT2D eigenvalue weighted by Gasteiger charge is -2.39. The Kier molecular flexibility index (Phi) is 4.86. The van der Waals surface area contributed by atoms with Crippen LogP contribution < -0.4 is 10.2 Å². The molecule has 4 nitrogen and oxygen atoms in total. The van der Waals surface area contributed by atoms with E-state index in [4.69, 9.17) is 11.6 Å². The summed E-state index contributed by atoms with van der Waals surface area (Å²) in [6.07, 6.45) is 5.23. The number of nitrogens with one attached hydrogen (secondary N) is 1. The van der Waals surface area contributed by atoms with Gasteiger partial charge in [0.05, 0.1) is 6.20 Å². The summed E-state index contributed by atoms with van der Waals surface area (Å²) in [5, 5.41) is 3.86. The first kappa shape index (κ1) is 14.4. The first-order valence-electron chi connectivity index (χ1n) is 7.16. The molecule has 0 saturated carbocycles. The standard InChI is InChI=1S/C14H23ClN4/c1-4-7-16-14-17-9-12(15)13(18-14)19-8-5-6-10(2)11(19)3/h9-11H,4-8H2,1-3H3,(H,16,17,18).